The van der Waals surface area contributed by atoms with Gasteiger partial charge in [0.25, 0.3) is 5.91 Å². The standard InChI is InChI=1S/C22H17N5O2S/c1-27-17-10-6-5-9-15(17)11-18(27)22-24-16(13-30-22)21(28)23-12-19-25-20(26-29-19)14-7-3-2-4-8-14/h2-11,13H,12H2,1H3,(H,23,28). The zero-order valence-electron chi connectivity index (χ0n) is 16.1. The number of nitrogens with one attached hydrogen (secondary N) is 1. The number of hydrogen-bond acceptors (Lipinski definition) is 6. The van der Waals surface area contributed by atoms with Crippen LogP contribution in [0.15, 0.2) is 70.6 Å². The largest absolute Gasteiger partial charge is 0.342 e. The van der Waals surface area contributed by atoms with Crippen LogP contribution in [0.4, 0.5) is 0 Å². The van der Waals surface area contributed by atoms with E-state index < -0.39 is 0 Å². The molecular weight excluding hydrogens is 398 g/mol. The first-order valence-electron chi connectivity index (χ1n) is 9.35. The van der Waals surface area contributed by atoms with Gasteiger partial charge in [-0.05, 0) is 12.1 Å². The lowest BCUT2D eigenvalue weighted by Crippen LogP contribution is -2.23. The molecule has 0 spiro atoms. The van der Waals surface area contributed by atoms with Crippen LogP contribution < -0.4 is 5.32 Å². The van der Waals surface area contributed by atoms with E-state index >= 15 is 0 Å². The van der Waals surface area contributed by atoms with Crippen LogP contribution in [0.5, 0.6) is 0 Å². The minimum Gasteiger partial charge on any atom is -0.342 e. The maximum atomic E-state index is 12.5. The highest BCUT2D eigenvalue weighted by Crippen LogP contribution is 2.29. The van der Waals surface area contributed by atoms with Crippen molar-refractivity contribution in [1.29, 1.82) is 0 Å². The van der Waals surface area contributed by atoms with Gasteiger partial charge in [0.15, 0.2) is 0 Å². The van der Waals surface area contributed by atoms with Crippen molar-refractivity contribution in [3.8, 4) is 22.1 Å². The molecule has 0 aliphatic rings. The van der Waals surface area contributed by atoms with Crippen LogP contribution in [0.3, 0.4) is 0 Å². The van der Waals surface area contributed by atoms with Crippen LogP contribution in [-0.2, 0) is 13.6 Å². The number of benzene rings is 2. The van der Waals surface area contributed by atoms with Crippen LogP contribution in [-0.4, -0.2) is 25.6 Å². The minimum atomic E-state index is -0.282. The van der Waals surface area contributed by atoms with Gasteiger partial charge in [0.2, 0.25) is 11.7 Å². The molecule has 1 N–H and O–H groups in total. The predicted molar refractivity (Wildman–Crippen MR) is 115 cm³/mol. The number of amides is 1. The van der Waals surface area contributed by atoms with Crippen LogP contribution >= 0.6 is 11.3 Å². The summed E-state index contributed by atoms with van der Waals surface area (Å²) in [5, 5.41) is 10.4. The SMILES string of the molecule is Cn1c(-c2nc(C(=O)NCc3nc(-c4ccccc4)no3)cs2)cc2ccccc21. The summed E-state index contributed by atoms with van der Waals surface area (Å²) in [6.45, 7) is 0.138. The van der Waals surface area contributed by atoms with E-state index in [1.165, 1.54) is 11.3 Å². The molecule has 0 bridgehead atoms. The first kappa shape index (κ1) is 18.3. The second kappa shape index (κ2) is 7.57. The quantitative estimate of drug-likeness (QED) is 0.463. The fourth-order valence-electron chi connectivity index (χ4n) is 3.27. The number of thiazole rings is 1. The van der Waals surface area contributed by atoms with E-state index in [1.54, 1.807) is 5.38 Å². The zero-order chi connectivity index (χ0) is 20.5. The van der Waals surface area contributed by atoms with E-state index in [4.69, 9.17) is 4.52 Å². The Kier molecular flexibility index (Phi) is 4.61. The summed E-state index contributed by atoms with van der Waals surface area (Å²) in [6.07, 6.45) is 0. The molecule has 5 rings (SSSR count). The Morgan fingerprint density at radius 1 is 1.10 bits per heavy atom. The highest BCUT2D eigenvalue weighted by molar-refractivity contribution is 7.13. The van der Waals surface area contributed by atoms with Gasteiger partial charge in [-0.3, -0.25) is 4.79 Å². The topological polar surface area (TPSA) is 85.8 Å². The first-order valence-corrected chi connectivity index (χ1v) is 10.2. The highest BCUT2D eigenvalue weighted by atomic mass is 32.1. The van der Waals surface area contributed by atoms with Crippen molar-refractivity contribution in [3.05, 3.63) is 77.6 Å². The van der Waals surface area contributed by atoms with Crippen molar-refractivity contribution < 1.29 is 9.32 Å². The Bertz CT molecular complexity index is 1340. The third-order valence-corrected chi connectivity index (χ3v) is 5.67. The second-order valence-corrected chi connectivity index (χ2v) is 7.60. The van der Waals surface area contributed by atoms with Crippen LogP contribution in [0.25, 0.3) is 33.0 Å². The highest BCUT2D eigenvalue weighted by Gasteiger charge is 2.16. The third kappa shape index (κ3) is 3.37. The number of hydrogen-bond donors (Lipinski definition) is 1. The molecule has 0 saturated carbocycles. The molecule has 0 aliphatic carbocycles. The molecule has 0 radical (unpaired) electrons. The molecule has 3 heterocycles. The van der Waals surface area contributed by atoms with Crippen LogP contribution in [0.1, 0.15) is 16.4 Å². The minimum absolute atomic E-state index is 0.138. The average Bonchev–Trinajstić information content (AvgIpc) is 3.52. The van der Waals surface area contributed by atoms with Gasteiger partial charge in [-0.1, -0.05) is 53.7 Å². The van der Waals surface area contributed by atoms with E-state index in [0.29, 0.717) is 17.4 Å². The normalized spacial score (nSPS) is 11.1. The van der Waals surface area contributed by atoms with Gasteiger partial charge in [0.1, 0.15) is 10.7 Å². The number of para-hydroxylation sites is 1. The van der Waals surface area contributed by atoms with E-state index in [9.17, 15) is 4.79 Å². The van der Waals surface area contributed by atoms with Gasteiger partial charge in [-0.25, -0.2) is 4.98 Å². The molecule has 0 saturated heterocycles. The number of aryl methyl sites for hydroxylation is 1. The Hall–Kier alpha value is -3.78. The number of aromatic nitrogens is 4. The molecule has 0 unspecified atom stereocenters. The molecule has 1 amide bonds. The number of nitrogens with zero attached hydrogens (tertiary/aromatic N) is 4. The Morgan fingerprint density at radius 3 is 2.73 bits per heavy atom. The van der Waals surface area contributed by atoms with E-state index in [0.717, 1.165) is 27.2 Å². The van der Waals surface area contributed by atoms with Crippen LogP contribution in [0, 0.1) is 0 Å². The molecular formula is C22H17N5O2S. The molecule has 2 aromatic carbocycles. The number of rotatable bonds is 5. The van der Waals surface area contributed by atoms with Crippen molar-refractivity contribution in [3.63, 3.8) is 0 Å². The summed E-state index contributed by atoms with van der Waals surface area (Å²) in [6, 6.07) is 19.8. The summed E-state index contributed by atoms with van der Waals surface area (Å²) in [4.78, 5) is 21.4. The van der Waals surface area contributed by atoms with Crippen molar-refractivity contribution in [2.45, 2.75) is 6.54 Å². The fourth-order valence-corrected chi connectivity index (χ4v) is 4.12. The maximum Gasteiger partial charge on any atom is 0.271 e. The average molecular weight is 415 g/mol. The number of carbonyl (C=O) groups is 1. The summed E-state index contributed by atoms with van der Waals surface area (Å²) in [5.74, 6) is 0.550. The van der Waals surface area contributed by atoms with E-state index in [2.05, 4.69) is 43.2 Å². The summed E-state index contributed by atoms with van der Waals surface area (Å²) >= 11 is 1.44. The zero-order valence-corrected chi connectivity index (χ0v) is 16.9. The Labute approximate surface area is 176 Å². The van der Waals surface area contributed by atoms with E-state index in [1.807, 2.05) is 49.5 Å². The van der Waals surface area contributed by atoms with Gasteiger partial charge < -0.3 is 14.4 Å². The van der Waals surface area contributed by atoms with Crippen molar-refractivity contribution >= 4 is 28.1 Å². The third-order valence-electron chi connectivity index (χ3n) is 4.81. The smallest absolute Gasteiger partial charge is 0.271 e. The number of carbonyl (C=O) groups excluding carboxylic acids is 1. The molecule has 0 aliphatic heterocycles. The lowest BCUT2D eigenvalue weighted by molar-refractivity contribution is 0.0942. The molecule has 0 fully saturated rings. The lowest BCUT2D eigenvalue weighted by Gasteiger charge is -2.01. The summed E-state index contributed by atoms with van der Waals surface area (Å²) in [5.41, 5.74) is 3.32. The molecule has 148 valence electrons. The molecule has 7 nitrogen and oxygen atoms in total. The maximum absolute atomic E-state index is 12.5. The Morgan fingerprint density at radius 2 is 1.90 bits per heavy atom. The van der Waals surface area contributed by atoms with Gasteiger partial charge in [-0.15, -0.1) is 11.3 Å². The van der Waals surface area contributed by atoms with Crippen molar-refractivity contribution in [2.24, 2.45) is 7.05 Å². The molecule has 3 aromatic heterocycles. The van der Waals surface area contributed by atoms with Gasteiger partial charge in [-0.2, -0.15) is 4.98 Å². The summed E-state index contributed by atoms with van der Waals surface area (Å²) < 4.78 is 7.32. The van der Waals surface area contributed by atoms with Gasteiger partial charge in [0.05, 0.1) is 12.2 Å². The summed E-state index contributed by atoms with van der Waals surface area (Å²) in [7, 11) is 2.00. The molecule has 30 heavy (non-hydrogen) atoms. The second-order valence-electron chi connectivity index (χ2n) is 6.75. The Balaban J connectivity index is 1.29. The monoisotopic (exact) mass is 415 g/mol. The van der Waals surface area contributed by atoms with Crippen molar-refractivity contribution in [1.82, 2.24) is 25.0 Å². The lowest BCUT2D eigenvalue weighted by atomic mass is 10.2. The van der Waals surface area contributed by atoms with Crippen molar-refractivity contribution in [2.75, 3.05) is 0 Å². The van der Waals surface area contributed by atoms with Gasteiger partial charge in [0, 0.05) is 28.9 Å². The van der Waals surface area contributed by atoms with E-state index in [-0.39, 0.29) is 12.5 Å². The van der Waals surface area contributed by atoms with Crippen LogP contribution in [0.2, 0.25) is 0 Å². The molecule has 5 aromatic rings. The van der Waals surface area contributed by atoms with Gasteiger partial charge >= 0.3 is 0 Å². The molecule has 0 atom stereocenters. The molecule has 8 heteroatoms. The predicted octanol–water partition coefficient (Wildman–Crippen LogP) is 4.28. The number of fused-ring (bicyclic) bond motifs is 1. The first-order chi connectivity index (χ1) is 14.7. The fraction of sp³-hybridized carbons (Fsp3) is 0.0909.